The number of hydrogen-bond acceptors (Lipinski definition) is 2. The fraction of sp³-hybridized carbons (Fsp3) is 0.462. The van der Waals surface area contributed by atoms with Gasteiger partial charge in [-0.3, -0.25) is 0 Å². The normalized spacial score (nSPS) is 22.4. The van der Waals surface area contributed by atoms with Crippen LogP contribution < -0.4 is 4.74 Å². The zero-order valence-electron chi connectivity index (χ0n) is 10.2. The Morgan fingerprint density at radius 3 is 2.74 bits per heavy atom. The van der Waals surface area contributed by atoms with Crippen molar-refractivity contribution in [1.82, 2.24) is 0 Å². The quantitative estimate of drug-likeness (QED) is 0.910. The number of benzene rings is 1. The third kappa shape index (κ3) is 2.88. The summed E-state index contributed by atoms with van der Waals surface area (Å²) in [5, 5.41) is 8.82. The number of hydrogen-bond donors (Lipinski definition) is 1. The first-order chi connectivity index (χ1) is 8.81. The second-order valence-electron chi connectivity index (χ2n) is 4.63. The summed E-state index contributed by atoms with van der Waals surface area (Å²) in [5.41, 5.74) is 0.360. The molecule has 1 aliphatic rings. The Kier molecular flexibility index (Phi) is 3.80. The van der Waals surface area contributed by atoms with E-state index in [4.69, 9.17) is 9.84 Å². The van der Waals surface area contributed by atoms with Crippen LogP contribution in [0.4, 0.5) is 8.78 Å². The smallest absolute Gasteiger partial charge is 0.344 e. The predicted octanol–water partition coefficient (Wildman–Crippen LogP) is 3.81. The Bertz CT molecular complexity index is 505. The van der Waals surface area contributed by atoms with Gasteiger partial charge in [-0.2, -0.15) is 0 Å². The molecule has 1 saturated carbocycles. The average molecular weight is 335 g/mol. The van der Waals surface area contributed by atoms with E-state index in [0.29, 0.717) is 16.5 Å². The molecular formula is C13H13BrF2O3. The highest BCUT2D eigenvalue weighted by Crippen LogP contribution is 2.52. The summed E-state index contributed by atoms with van der Waals surface area (Å²) in [7, 11) is 0. The maximum absolute atomic E-state index is 13.5. The van der Waals surface area contributed by atoms with Gasteiger partial charge in [0.1, 0.15) is 5.75 Å². The molecule has 1 N–H and O–H groups in total. The number of ether oxygens (including phenoxy) is 1. The van der Waals surface area contributed by atoms with Crippen LogP contribution in [-0.2, 0) is 4.79 Å². The van der Waals surface area contributed by atoms with E-state index in [9.17, 15) is 13.6 Å². The van der Waals surface area contributed by atoms with Crippen molar-refractivity contribution >= 4 is 21.9 Å². The first-order valence-corrected chi connectivity index (χ1v) is 6.67. The molecule has 0 aromatic heterocycles. The number of carboxylic acid groups (broad SMARTS) is 1. The summed E-state index contributed by atoms with van der Waals surface area (Å²) in [4.78, 5) is 10.8. The second-order valence-corrected chi connectivity index (χ2v) is 5.55. The summed E-state index contributed by atoms with van der Waals surface area (Å²) < 4.78 is 32.9. The number of halogens is 3. The maximum atomic E-state index is 13.5. The van der Waals surface area contributed by atoms with Crippen molar-refractivity contribution in [2.45, 2.75) is 37.7 Å². The lowest BCUT2D eigenvalue weighted by atomic mass is 9.76. The standard InChI is InChI=1S/C13H13BrF2O3/c1-7(12(17)18)19-11-3-2-8(14)6-9(11)10-4-5-13(10,15)16/h2-3,6-7,10H,4-5H2,1H3,(H,17,18). The molecule has 1 aromatic rings. The number of carbonyl (C=O) groups is 1. The first-order valence-electron chi connectivity index (χ1n) is 5.88. The molecule has 2 unspecified atom stereocenters. The van der Waals surface area contributed by atoms with Crippen LogP contribution in [-0.4, -0.2) is 23.1 Å². The van der Waals surface area contributed by atoms with Crippen LogP contribution in [0.5, 0.6) is 5.75 Å². The number of aliphatic carboxylic acids is 1. The largest absolute Gasteiger partial charge is 0.479 e. The molecule has 0 aliphatic heterocycles. The van der Waals surface area contributed by atoms with Gasteiger partial charge < -0.3 is 9.84 Å². The highest BCUT2D eigenvalue weighted by molar-refractivity contribution is 9.10. The monoisotopic (exact) mass is 334 g/mol. The third-order valence-electron chi connectivity index (χ3n) is 3.27. The van der Waals surface area contributed by atoms with E-state index in [0.717, 1.165) is 0 Å². The topological polar surface area (TPSA) is 46.5 Å². The minimum atomic E-state index is -2.74. The highest BCUT2D eigenvalue weighted by Gasteiger charge is 2.50. The molecule has 0 amide bonds. The summed E-state index contributed by atoms with van der Waals surface area (Å²) in [6, 6.07) is 4.74. The fourth-order valence-corrected chi connectivity index (χ4v) is 2.41. The Morgan fingerprint density at radius 1 is 1.58 bits per heavy atom. The van der Waals surface area contributed by atoms with E-state index >= 15 is 0 Å². The summed E-state index contributed by atoms with van der Waals surface area (Å²) in [6.07, 6.45) is -0.840. The Hall–Kier alpha value is -1.17. The first kappa shape index (κ1) is 14.2. The minimum absolute atomic E-state index is 0.141. The molecule has 0 bridgehead atoms. The number of rotatable bonds is 4. The zero-order valence-corrected chi connectivity index (χ0v) is 11.8. The molecule has 104 valence electrons. The Morgan fingerprint density at radius 2 is 2.26 bits per heavy atom. The van der Waals surface area contributed by atoms with Gasteiger partial charge in [-0.1, -0.05) is 15.9 Å². The number of carboxylic acids is 1. The van der Waals surface area contributed by atoms with Crippen molar-refractivity contribution in [3.63, 3.8) is 0 Å². The Labute approximate surface area is 117 Å². The van der Waals surface area contributed by atoms with Crippen molar-refractivity contribution in [2.24, 2.45) is 0 Å². The number of alkyl halides is 2. The van der Waals surface area contributed by atoms with Gasteiger partial charge in [-0.15, -0.1) is 0 Å². The lowest BCUT2D eigenvalue weighted by molar-refractivity contribution is -0.144. The van der Waals surface area contributed by atoms with Gasteiger partial charge >= 0.3 is 5.97 Å². The fourth-order valence-electron chi connectivity index (χ4n) is 2.03. The highest BCUT2D eigenvalue weighted by atomic mass is 79.9. The molecule has 0 radical (unpaired) electrons. The molecule has 0 spiro atoms. The summed E-state index contributed by atoms with van der Waals surface area (Å²) in [5.74, 6) is -4.57. The van der Waals surface area contributed by atoms with E-state index in [1.807, 2.05) is 0 Å². The van der Waals surface area contributed by atoms with Crippen molar-refractivity contribution in [2.75, 3.05) is 0 Å². The molecule has 1 aliphatic carbocycles. The van der Waals surface area contributed by atoms with Crippen LogP contribution in [0.3, 0.4) is 0 Å². The Balaban J connectivity index is 2.31. The molecule has 2 atom stereocenters. The van der Waals surface area contributed by atoms with E-state index in [1.54, 1.807) is 12.1 Å². The predicted molar refractivity (Wildman–Crippen MR) is 68.8 cm³/mol. The van der Waals surface area contributed by atoms with Crippen LogP contribution in [0.2, 0.25) is 0 Å². The molecule has 3 nitrogen and oxygen atoms in total. The van der Waals surface area contributed by atoms with Crippen molar-refractivity contribution in [1.29, 1.82) is 0 Å². The minimum Gasteiger partial charge on any atom is -0.479 e. The van der Waals surface area contributed by atoms with E-state index in [1.165, 1.54) is 13.0 Å². The van der Waals surface area contributed by atoms with Gasteiger partial charge in [0.25, 0.3) is 5.92 Å². The molecule has 2 rings (SSSR count). The SMILES string of the molecule is CC(Oc1ccc(Br)cc1C1CCC1(F)F)C(=O)O. The molecule has 1 fully saturated rings. The van der Waals surface area contributed by atoms with Crippen molar-refractivity contribution < 1.29 is 23.4 Å². The van der Waals surface area contributed by atoms with Gasteiger partial charge in [0.2, 0.25) is 0 Å². The van der Waals surface area contributed by atoms with Crippen molar-refractivity contribution in [3.05, 3.63) is 28.2 Å². The third-order valence-corrected chi connectivity index (χ3v) is 3.77. The lowest BCUT2D eigenvalue weighted by Crippen LogP contribution is -2.37. The molecular weight excluding hydrogens is 322 g/mol. The molecule has 19 heavy (non-hydrogen) atoms. The van der Waals surface area contributed by atoms with Gasteiger partial charge in [-0.25, -0.2) is 13.6 Å². The molecule has 0 saturated heterocycles. The second kappa shape index (κ2) is 5.07. The molecule has 0 heterocycles. The lowest BCUT2D eigenvalue weighted by Gasteiger charge is -2.37. The summed E-state index contributed by atoms with van der Waals surface area (Å²) >= 11 is 3.23. The van der Waals surface area contributed by atoms with E-state index < -0.39 is 23.9 Å². The molecule has 1 aromatic carbocycles. The van der Waals surface area contributed by atoms with Crippen LogP contribution in [0.15, 0.2) is 22.7 Å². The van der Waals surface area contributed by atoms with Gasteiger partial charge in [-0.05, 0) is 31.5 Å². The average Bonchev–Trinajstić information content (AvgIpc) is 2.31. The van der Waals surface area contributed by atoms with Crippen LogP contribution in [0.1, 0.15) is 31.2 Å². The van der Waals surface area contributed by atoms with Gasteiger partial charge in [0.05, 0.1) is 5.92 Å². The zero-order chi connectivity index (χ0) is 14.2. The van der Waals surface area contributed by atoms with Gasteiger partial charge in [0, 0.05) is 16.5 Å². The van der Waals surface area contributed by atoms with Gasteiger partial charge in [0.15, 0.2) is 6.10 Å². The summed E-state index contributed by atoms with van der Waals surface area (Å²) in [6.45, 7) is 1.37. The van der Waals surface area contributed by atoms with Crippen LogP contribution in [0.25, 0.3) is 0 Å². The van der Waals surface area contributed by atoms with E-state index in [-0.39, 0.29) is 12.2 Å². The van der Waals surface area contributed by atoms with E-state index in [2.05, 4.69) is 15.9 Å². The van der Waals surface area contributed by atoms with Crippen LogP contribution >= 0.6 is 15.9 Å². The molecule has 6 heteroatoms. The van der Waals surface area contributed by atoms with Crippen LogP contribution in [0, 0.1) is 0 Å². The van der Waals surface area contributed by atoms with Crippen molar-refractivity contribution in [3.8, 4) is 5.75 Å². The maximum Gasteiger partial charge on any atom is 0.344 e.